The molecule has 0 aliphatic carbocycles. The molecule has 0 unspecified atom stereocenters. The first kappa shape index (κ1) is 25.1. The molecule has 0 atom stereocenters. The van der Waals surface area contributed by atoms with Gasteiger partial charge in [0, 0.05) is 18.6 Å². The Hall–Kier alpha value is -1.97. The number of aromatic hydroxyl groups is 2. The molecule has 0 aliphatic heterocycles. The Bertz CT molecular complexity index is 607. The molecule has 4 heteroatoms. The number of allylic oxidation sites excluding steroid dienone is 2. The number of hydrogen-bond donors (Lipinski definition) is 2. The SMILES string of the molecule is CCCCCCC/C=C\CCCCCCCCC(=O)c1c(O)cc(O)cc1OC. The lowest BCUT2D eigenvalue weighted by atomic mass is 10.0. The van der Waals surface area contributed by atoms with Gasteiger partial charge in [0.2, 0.25) is 0 Å². The summed E-state index contributed by atoms with van der Waals surface area (Å²) in [6, 6.07) is 2.53. The van der Waals surface area contributed by atoms with Crippen LogP contribution in [0.25, 0.3) is 0 Å². The molecule has 0 saturated carbocycles. The van der Waals surface area contributed by atoms with Gasteiger partial charge in [-0.05, 0) is 32.1 Å². The molecule has 4 nitrogen and oxygen atoms in total. The van der Waals surface area contributed by atoms with Crippen LogP contribution in [0.3, 0.4) is 0 Å². The van der Waals surface area contributed by atoms with E-state index in [1.54, 1.807) is 0 Å². The number of unbranched alkanes of at least 4 members (excludes halogenated alkanes) is 11. The predicted molar refractivity (Wildman–Crippen MR) is 120 cm³/mol. The number of phenolic OH excluding ortho intramolecular Hbond substituents is 2. The highest BCUT2D eigenvalue weighted by atomic mass is 16.5. The Morgan fingerprint density at radius 1 is 0.862 bits per heavy atom. The Morgan fingerprint density at radius 2 is 1.41 bits per heavy atom. The van der Waals surface area contributed by atoms with Crippen LogP contribution >= 0.6 is 0 Å². The van der Waals surface area contributed by atoms with Crippen molar-refractivity contribution >= 4 is 5.78 Å². The lowest BCUT2D eigenvalue weighted by Gasteiger charge is -2.10. The average Bonchev–Trinajstić information content (AvgIpc) is 2.70. The highest BCUT2D eigenvalue weighted by molar-refractivity contribution is 6.01. The molecule has 0 saturated heterocycles. The Balaban J connectivity index is 2.06. The summed E-state index contributed by atoms with van der Waals surface area (Å²) in [5.74, 6) is -0.251. The van der Waals surface area contributed by atoms with E-state index in [1.165, 1.54) is 83.5 Å². The van der Waals surface area contributed by atoms with E-state index in [0.29, 0.717) is 6.42 Å². The highest BCUT2D eigenvalue weighted by Crippen LogP contribution is 2.34. The van der Waals surface area contributed by atoms with E-state index in [2.05, 4.69) is 19.1 Å². The number of Topliss-reactive ketones (excluding diaryl/α,β-unsaturated/α-hetero) is 1. The van der Waals surface area contributed by atoms with Crippen LogP contribution in [0.5, 0.6) is 17.2 Å². The number of methoxy groups -OCH3 is 1. The standard InChI is InChI=1S/C25H40O4/c1-3-4-5-6-7-8-9-10-11-12-13-14-15-16-17-18-22(27)25-23(28)19-21(26)20-24(25)29-2/h9-10,19-20,26,28H,3-8,11-18H2,1-2H3/b10-9-. The molecule has 29 heavy (non-hydrogen) atoms. The molecule has 2 N–H and O–H groups in total. The zero-order valence-corrected chi connectivity index (χ0v) is 18.4. The molecule has 0 aromatic heterocycles. The van der Waals surface area contributed by atoms with Gasteiger partial charge in [0.15, 0.2) is 5.78 Å². The Labute approximate surface area is 177 Å². The molecule has 0 amide bonds. The zero-order chi connectivity index (χ0) is 21.3. The molecule has 164 valence electrons. The van der Waals surface area contributed by atoms with E-state index < -0.39 is 0 Å². The molecular weight excluding hydrogens is 364 g/mol. The van der Waals surface area contributed by atoms with E-state index in [0.717, 1.165) is 19.3 Å². The van der Waals surface area contributed by atoms with Crippen LogP contribution in [-0.2, 0) is 0 Å². The summed E-state index contributed by atoms with van der Waals surface area (Å²) in [4.78, 5) is 12.4. The maximum Gasteiger partial charge on any atom is 0.170 e. The Kier molecular flexibility index (Phi) is 13.7. The van der Waals surface area contributed by atoms with E-state index in [-0.39, 0.29) is 28.6 Å². The van der Waals surface area contributed by atoms with Gasteiger partial charge in [-0.3, -0.25) is 4.79 Å². The third-order valence-electron chi connectivity index (χ3n) is 5.23. The van der Waals surface area contributed by atoms with Crippen molar-refractivity contribution < 1.29 is 19.7 Å². The third-order valence-corrected chi connectivity index (χ3v) is 5.23. The highest BCUT2D eigenvalue weighted by Gasteiger charge is 2.18. The van der Waals surface area contributed by atoms with Gasteiger partial charge in [0.1, 0.15) is 22.8 Å². The zero-order valence-electron chi connectivity index (χ0n) is 18.4. The Morgan fingerprint density at radius 3 is 2.00 bits per heavy atom. The van der Waals surface area contributed by atoms with Gasteiger partial charge < -0.3 is 14.9 Å². The lowest BCUT2D eigenvalue weighted by Crippen LogP contribution is -2.03. The van der Waals surface area contributed by atoms with Gasteiger partial charge in [0.25, 0.3) is 0 Å². The van der Waals surface area contributed by atoms with Crippen molar-refractivity contribution in [3.8, 4) is 17.2 Å². The van der Waals surface area contributed by atoms with Crippen LogP contribution in [0, 0.1) is 0 Å². The molecule has 0 aliphatic rings. The smallest absolute Gasteiger partial charge is 0.170 e. The van der Waals surface area contributed by atoms with Crippen molar-refractivity contribution in [3.05, 3.63) is 29.8 Å². The number of carbonyl (C=O) groups excluding carboxylic acids is 1. The summed E-state index contributed by atoms with van der Waals surface area (Å²) in [5.41, 5.74) is 0.169. The fourth-order valence-electron chi connectivity index (χ4n) is 3.51. The molecule has 1 aromatic rings. The van der Waals surface area contributed by atoms with E-state index in [1.807, 2.05) is 0 Å². The van der Waals surface area contributed by atoms with Gasteiger partial charge in [-0.2, -0.15) is 0 Å². The van der Waals surface area contributed by atoms with Crippen LogP contribution < -0.4 is 4.74 Å². The normalized spacial score (nSPS) is 11.2. The molecule has 0 bridgehead atoms. The van der Waals surface area contributed by atoms with Crippen molar-refractivity contribution in [1.29, 1.82) is 0 Å². The maximum absolute atomic E-state index is 12.4. The van der Waals surface area contributed by atoms with Crippen LogP contribution in [0.15, 0.2) is 24.3 Å². The molecule has 0 spiro atoms. The third kappa shape index (κ3) is 11.0. The number of carbonyl (C=O) groups is 1. The predicted octanol–water partition coefficient (Wildman–Crippen LogP) is 7.33. The number of rotatable bonds is 17. The molecule has 1 rings (SSSR count). The first-order chi connectivity index (χ1) is 14.1. The molecule has 0 fully saturated rings. The van der Waals surface area contributed by atoms with Gasteiger partial charge in [0.05, 0.1) is 7.11 Å². The van der Waals surface area contributed by atoms with Gasteiger partial charge in [-0.25, -0.2) is 0 Å². The van der Waals surface area contributed by atoms with Crippen molar-refractivity contribution in [2.75, 3.05) is 7.11 Å². The fraction of sp³-hybridized carbons (Fsp3) is 0.640. The molecule has 0 radical (unpaired) electrons. The summed E-state index contributed by atoms with van der Waals surface area (Å²) in [5, 5.41) is 19.4. The minimum atomic E-state index is -0.221. The van der Waals surface area contributed by atoms with E-state index in [9.17, 15) is 15.0 Å². The number of phenols is 2. The van der Waals surface area contributed by atoms with Crippen molar-refractivity contribution in [2.24, 2.45) is 0 Å². The number of hydrogen-bond acceptors (Lipinski definition) is 4. The monoisotopic (exact) mass is 404 g/mol. The maximum atomic E-state index is 12.4. The van der Waals surface area contributed by atoms with Gasteiger partial charge >= 0.3 is 0 Å². The minimum absolute atomic E-state index is 0.113. The van der Waals surface area contributed by atoms with Crippen LogP contribution in [-0.4, -0.2) is 23.1 Å². The average molecular weight is 405 g/mol. The van der Waals surface area contributed by atoms with Gasteiger partial charge in [-0.15, -0.1) is 0 Å². The summed E-state index contributed by atoms with van der Waals surface area (Å²) < 4.78 is 5.11. The first-order valence-electron chi connectivity index (χ1n) is 11.4. The number of ether oxygens (including phenoxy) is 1. The summed E-state index contributed by atoms with van der Waals surface area (Å²) in [6.07, 6.45) is 20.8. The summed E-state index contributed by atoms with van der Waals surface area (Å²) in [7, 11) is 1.42. The quantitative estimate of drug-likeness (QED) is 0.162. The fourth-order valence-corrected chi connectivity index (χ4v) is 3.51. The summed E-state index contributed by atoms with van der Waals surface area (Å²) >= 11 is 0. The van der Waals surface area contributed by atoms with E-state index in [4.69, 9.17) is 4.74 Å². The molecular formula is C25H40O4. The second-order valence-corrected chi connectivity index (χ2v) is 7.80. The van der Waals surface area contributed by atoms with Crippen LogP contribution in [0.4, 0.5) is 0 Å². The topological polar surface area (TPSA) is 66.8 Å². The number of benzene rings is 1. The second kappa shape index (κ2) is 15.9. The summed E-state index contributed by atoms with van der Waals surface area (Å²) in [6.45, 7) is 2.25. The van der Waals surface area contributed by atoms with Gasteiger partial charge in [-0.1, -0.05) is 70.4 Å². The molecule has 0 heterocycles. The van der Waals surface area contributed by atoms with Crippen molar-refractivity contribution in [3.63, 3.8) is 0 Å². The van der Waals surface area contributed by atoms with Crippen molar-refractivity contribution in [2.45, 2.75) is 96.8 Å². The lowest BCUT2D eigenvalue weighted by molar-refractivity contribution is 0.0973. The first-order valence-corrected chi connectivity index (χ1v) is 11.4. The van der Waals surface area contributed by atoms with E-state index >= 15 is 0 Å². The number of ketones is 1. The largest absolute Gasteiger partial charge is 0.508 e. The second-order valence-electron chi connectivity index (χ2n) is 7.80. The van der Waals surface area contributed by atoms with Crippen molar-refractivity contribution in [1.82, 2.24) is 0 Å². The molecule has 1 aromatic carbocycles. The minimum Gasteiger partial charge on any atom is -0.508 e. The van der Waals surface area contributed by atoms with Crippen LogP contribution in [0.1, 0.15) is 107 Å². The van der Waals surface area contributed by atoms with Crippen LogP contribution in [0.2, 0.25) is 0 Å².